The molecule has 6 nitrogen and oxygen atoms in total. The Morgan fingerprint density at radius 2 is 1.04 bits per heavy atom. The number of nitrogens with two attached hydrogens (primary N) is 2. The average molecular weight is 693 g/mol. The number of hydrogen-bond donors (Lipinski definition) is 2. The number of esters is 2. The number of rotatable bonds is 11. The molecule has 50 heavy (non-hydrogen) atoms. The van der Waals surface area contributed by atoms with E-state index in [0.29, 0.717) is 25.7 Å². The van der Waals surface area contributed by atoms with Crippen LogP contribution in [0.4, 0.5) is 8.78 Å². The van der Waals surface area contributed by atoms with Crippen LogP contribution in [0, 0.1) is 23.5 Å². The quantitative estimate of drug-likeness (QED) is 0.138. The molecule has 0 amide bonds. The molecule has 0 radical (unpaired) electrons. The van der Waals surface area contributed by atoms with Crippen LogP contribution in [-0.4, -0.2) is 24.0 Å². The number of benzene rings is 2. The molecule has 4 aliphatic rings. The van der Waals surface area contributed by atoms with Gasteiger partial charge in [0, 0.05) is 47.9 Å². The lowest BCUT2D eigenvalue weighted by atomic mass is 9.60. The van der Waals surface area contributed by atoms with E-state index >= 15 is 8.78 Å². The van der Waals surface area contributed by atoms with Crippen molar-refractivity contribution in [1.29, 1.82) is 0 Å². The Hall–Kier alpha value is -2.84. The van der Waals surface area contributed by atoms with Gasteiger partial charge in [0.15, 0.2) is 0 Å². The van der Waals surface area contributed by atoms with E-state index in [1.807, 2.05) is 12.1 Å². The van der Waals surface area contributed by atoms with Crippen molar-refractivity contribution in [2.24, 2.45) is 23.3 Å². The maximum atomic E-state index is 15.3. The van der Waals surface area contributed by atoms with Crippen LogP contribution in [0.25, 0.3) is 0 Å². The Morgan fingerprint density at radius 3 is 1.46 bits per heavy atom. The lowest BCUT2D eigenvalue weighted by molar-refractivity contribution is -0.135. The molecule has 2 aromatic rings. The Kier molecular flexibility index (Phi) is 11.7. The second-order valence-electron chi connectivity index (χ2n) is 16.4. The van der Waals surface area contributed by atoms with Crippen LogP contribution in [0.5, 0.6) is 11.5 Å². The Balaban J connectivity index is 0.909. The smallest absolute Gasteiger partial charge is 0.311 e. The fourth-order valence-corrected chi connectivity index (χ4v) is 9.88. The SMILES string of the molecule is C[C@@]12CCCCC[C@@H](Cc3c(F)cc(OC(=O)CCCCCCCCC(=O)Oc4cc(F)c5c(c4)[C@@]4(C)CCCCC[C@@H](C5)[C@@H]4N)cc31)[C@@H]2N. The molecular formula is C42H58F2N2O4. The molecule has 6 atom stereocenters. The van der Waals surface area contributed by atoms with Gasteiger partial charge in [-0.1, -0.05) is 78.1 Å². The molecule has 8 heteroatoms. The lowest BCUT2D eigenvalue weighted by Gasteiger charge is -2.47. The third kappa shape index (κ3) is 7.81. The highest BCUT2D eigenvalue weighted by molar-refractivity contribution is 5.73. The summed E-state index contributed by atoms with van der Waals surface area (Å²) >= 11 is 0. The summed E-state index contributed by atoms with van der Waals surface area (Å²) in [6, 6.07) is 6.41. The largest absolute Gasteiger partial charge is 0.426 e. The number of halogens is 2. The minimum absolute atomic E-state index is 0.0253. The van der Waals surface area contributed by atoms with Crippen molar-refractivity contribution >= 4 is 11.9 Å². The van der Waals surface area contributed by atoms with Gasteiger partial charge in [-0.2, -0.15) is 0 Å². The normalized spacial score (nSPS) is 29.0. The van der Waals surface area contributed by atoms with Gasteiger partial charge in [0.1, 0.15) is 23.1 Å². The lowest BCUT2D eigenvalue weighted by Crippen LogP contribution is -2.53. The van der Waals surface area contributed by atoms with Crippen LogP contribution in [0.15, 0.2) is 24.3 Å². The van der Waals surface area contributed by atoms with Crippen LogP contribution < -0.4 is 20.9 Å². The zero-order chi connectivity index (χ0) is 35.5. The first kappa shape index (κ1) is 36.9. The summed E-state index contributed by atoms with van der Waals surface area (Å²) in [5, 5.41) is 0. The number of carbonyl (C=O) groups is 2. The van der Waals surface area contributed by atoms with Gasteiger partial charge in [-0.05, 0) is 97.6 Å². The summed E-state index contributed by atoms with van der Waals surface area (Å²) in [5.74, 6) is -0.164. The predicted molar refractivity (Wildman–Crippen MR) is 192 cm³/mol. The molecular weight excluding hydrogens is 634 g/mol. The average Bonchev–Trinajstić information content (AvgIpc) is 3.07. The van der Waals surface area contributed by atoms with Gasteiger partial charge in [0.2, 0.25) is 0 Å². The molecule has 4 N–H and O–H groups in total. The third-order valence-electron chi connectivity index (χ3n) is 13.0. The van der Waals surface area contributed by atoms with E-state index in [1.165, 1.54) is 25.0 Å². The molecule has 0 heterocycles. The molecule has 2 aromatic carbocycles. The topological polar surface area (TPSA) is 105 Å². The van der Waals surface area contributed by atoms with Gasteiger partial charge in [-0.25, -0.2) is 8.78 Å². The Morgan fingerprint density at radius 1 is 0.640 bits per heavy atom. The molecule has 0 aromatic heterocycles. The van der Waals surface area contributed by atoms with Gasteiger partial charge in [0.25, 0.3) is 0 Å². The van der Waals surface area contributed by atoms with E-state index < -0.39 is 0 Å². The van der Waals surface area contributed by atoms with Crippen molar-refractivity contribution in [3.8, 4) is 11.5 Å². The highest BCUT2D eigenvalue weighted by atomic mass is 19.1. The standard InChI is InChI=1S/C42H58F2N2O4/c1-41-19-13-7-9-15-27(39(41)45)21-31-33(41)23-29(25-35(31)43)49-37(47)17-11-5-3-4-6-12-18-38(48)50-30-24-34-32(36(44)26-30)22-28-16-10-8-14-20-42(34,2)40(28)46/h23-28,39-40H,3-22,45-46H2,1-2H3/t27-,28-,39-,40-,41+,42+/m0/s1. The summed E-state index contributed by atoms with van der Waals surface area (Å²) < 4.78 is 41.9. The van der Waals surface area contributed by atoms with Crippen molar-refractivity contribution < 1.29 is 27.8 Å². The second kappa shape index (κ2) is 15.8. The summed E-state index contributed by atoms with van der Waals surface area (Å²) in [5.41, 5.74) is 16.2. The van der Waals surface area contributed by atoms with Gasteiger partial charge in [-0.15, -0.1) is 0 Å². The van der Waals surface area contributed by atoms with Gasteiger partial charge in [0.05, 0.1) is 0 Å². The maximum absolute atomic E-state index is 15.3. The molecule has 4 bridgehead atoms. The zero-order valence-corrected chi connectivity index (χ0v) is 30.3. The number of unbranched alkanes of at least 4 members (excludes halogenated alkanes) is 5. The van der Waals surface area contributed by atoms with Crippen molar-refractivity contribution in [2.75, 3.05) is 0 Å². The zero-order valence-electron chi connectivity index (χ0n) is 30.3. The third-order valence-corrected chi connectivity index (χ3v) is 13.0. The summed E-state index contributed by atoms with van der Waals surface area (Å²) in [6.07, 6.45) is 17.5. The van der Waals surface area contributed by atoms with Crippen molar-refractivity contribution in [1.82, 2.24) is 0 Å². The first-order valence-electron chi connectivity index (χ1n) is 19.6. The number of carbonyl (C=O) groups excluding carboxylic acids is 2. The predicted octanol–water partition coefficient (Wildman–Crippen LogP) is 9.04. The molecule has 2 fully saturated rings. The van der Waals surface area contributed by atoms with Crippen molar-refractivity contribution in [3.63, 3.8) is 0 Å². The second-order valence-corrected chi connectivity index (χ2v) is 16.4. The summed E-state index contributed by atoms with van der Waals surface area (Å²) in [4.78, 5) is 25.4. The molecule has 2 saturated carbocycles. The van der Waals surface area contributed by atoms with Crippen LogP contribution in [0.1, 0.15) is 152 Å². The molecule has 6 rings (SSSR count). The highest BCUT2D eigenvalue weighted by Gasteiger charge is 2.46. The fraction of sp³-hybridized carbons (Fsp3) is 0.667. The Labute approximate surface area is 297 Å². The number of fused-ring (bicyclic) bond motifs is 8. The first-order valence-corrected chi connectivity index (χ1v) is 19.6. The highest BCUT2D eigenvalue weighted by Crippen LogP contribution is 2.49. The van der Waals surface area contributed by atoms with Crippen LogP contribution in [0.2, 0.25) is 0 Å². The maximum Gasteiger partial charge on any atom is 0.311 e. The van der Waals surface area contributed by atoms with E-state index in [0.717, 1.165) is 99.3 Å². The van der Waals surface area contributed by atoms with Crippen molar-refractivity contribution in [3.05, 3.63) is 58.2 Å². The Bertz CT molecular complexity index is 1430. The number of ether oxygens (including phenoxy) is 2. The van der Waals surface area contributed by atoms with Gasteiger partial charge in [-0.3, -0.25) is 9.59 Å². The van der Waals surface area contributed by atoms with E-state index in [-0.39, 0.29) is 82.7 Å². The van der Waals surface area contributed by atoms with Crippen LogP contribution in [-0.2, 0) is 33.3 Å². The molecule has 0 unspecified atom stereocenters. The van der Waals surface area contributed by atoms with E-state index in [9.17, 15) is 9.59 Å². The number of hydrogen-bond acceptors (Lipinski definition) is 6. The molecule has 0 saturated heterocycles. The van der Waals surface area contributed by atoms with Gasteiger partial charge >= 0.3 is 11.9 Å². The van der Waals surface area contributed by atoms with Crippen molar-refractivity contribution in [2.45, 2.75) is 165 Å². The summed E-state index contributed by atoms with van der Waals surface area (Å²) in [6.45, 7) is 4.31. The van der Waals surface area contributed by atoms with Crippen LogP contribution in [0.3, 0.4) is 0 Å². The molecule has 274 valence electrons. The molecule has 4 aliphatic carbocycles. The van der Waals surface area contributed by atoms with E-state index in [4.69, 9.17) is 20.9 Å². The van der Waals surface area contributed by atoms with E-state index in [1.54, 1.807) is 0 Å². The monoisotopic (exact) mass is 692 g/mol. The summed E-state index contributed by atoms with van der Waals surface area (Å²) in [7, 11) is 0. The minimum atomic E-state index is -0.350. The van der Waals surface area contributed by atoms with Gasteiger partial charge < -0.3 is 20.9 Å². The van der Waals surface area contributed by atoms with E-state index in [2.05, 4.69) is 13.8 Å². The minimum Gasteiger partial charge on any atom is -0.426 e. The molecule has 0 spiro atoms. The molecule has 0 aliphatic heterocycles. The fourth-order valence-electron chi connectivity index (χ4n) is 9.88. The van der Waals surface area contributed by atoms with Crippen LogP contribution >= 0.6 is 0 Å². The first-order chi connectivity index (χ1) is 24.0.